The Balaban J connectivity index is 1.92. The van der Waals surface area contributed by atoms with Gasteiger partial charge in [0, 0.05) is 12.7 Å². The predicted molar refractivity (Wildman–Crippen MR) is 59.4 cm³/mol. The Morgan fingerprint density at radius 1 is 1.56 bits per heavy atom. The molecule has 1 fully saturated rings. The number of aromatic nitrogens is 1. The summed E-state index contributed by atoms with van der Waals surface area (Å²) in [6.07, 6.45) is 2.14. The molecular formula is C10H13FN2O2S. The van der Waals surface area contributed by atoms with E-state index in [1.165, 1.54) is 18.3 Å². The van der Waals surface area contributed by atoms with Crippen LogP contribution in [0.2, 0.25) is 0 Å². The first-order chi connectivity index (χ1) is 7.57. The van der Waals surface area contributed by atoms with Gasteiger partial charge in [0.1, 0.15) is 0 Å². The lowest BCUT2D eigenvalue weighted by molar-refractivity contribution is 0.593. The van der Waals surface area contributed by atoms with Gasteiger partial charge in [-0.25, -0.2) is 17.8 Å². The molecule has 0 aliphatic carbocycles. The second-order valence-corrected chi connectivity index (χ2v) is 6.21. The molecule has 1 aromatic heterocycles. The Morgan fingerprint density at radius 2 is 2.38 bits per heavy atom. The van der Waals surface area contributed by atoms with Crippen molar-refractivity contribution in [1.82, 2.24) is 4.98 Å². The summed E-state index contributed by atoms with van der Waals surface area (Å²) in [4.78, 5) is 3.84. The second-order valence-electron chi connectivity index (χ2n) is 3.98. The summed E-state index contributed by atoms with van der Waals surface area (Å²) in [6, 6.07) is 2.83. The van der Waals surface area contributed by atoms with Gasteiger partial charge in [-0.2, -0.15) is 0 Å². The third-order valence-electron chi connectivity index (χ3n) is 2.64. The van der Waals surface area contributed by atoms with Gasteiger partial charge in [-0.1, -0.05) is 0 Å². The molecule has 2 rings (SSSR count). The molecule has 0 aromatic carbocycles. The van der Waals surface area contributed by atoms with Crippen LogP contribution in [0, 0.1) is 11.7 Å². The van der Waals surface area contributed by atoms with Crippen molar-refractivity contribution in [2.45, 2.75) is 6.42 Å². The number of hydrogen-bond donors (Lipinski definition) is 1. The van der Waals surface area contributed by atoms with E-state index in [1.807, 2.05) is 0 Å². The van der Waals surface area contributed by atoms with E-state index in [-0.39, 0.29) is 23.2 Å². The third kappa shape index (κ3) is 2.69. The monoisotopic (exact) mass is 244 g/mol. The number of sulfone groups is 1. The minimum atomic E-state index is -2.86. The maximum absolute atomic E-state index is 13.2. The Hall–Kier alpha value is -1.17. The maximum atomic E-state index is 13.2. The van der Waals surface area contributed by atoms with E-state index in [0.717, 1.165) is 0 Å². The first-order valence-corrected chi connectivity index (χ1v) is 6.94. The maximum Gasteiger partial charge on any atom is 0.165 e. The average Bonchev–Trinajstić information content (AvgIpc) is 2.57. The van der Waals surface area contributed by atoms with Crippen molar-refractivity contribution in [2.75, 3.05) is 23.4 Å². The van der Waals surface area contributed by atoms with Crippen LogP contribution in [-0.2, 0) is 9.84 Å². The second kappa shape index (κ2) is 4.37. The van der Waals surface area contributed by atoms with Crippen LogP contribution in [0.5, 0.6) is 0 Å². The summed E-state index contributed by atoms with van der Waals surface area (Å²) in [7, 11) is -2.86. The molecule has 1 aromatic rings. The molecule has 1 aliphatic heterocycles. The van der Waals surface area contributed by atoms with Crippen molar-refractivity contribution in [3.05, 3.63) is 24.1 Å². The molecule has 2 heterocycles. The number of hydrogen-bond acceptors (Lipinski definition) is 4. The molecular weight excluding hydrogens is 231 g/mol. The van der Waals surface area contributed by atoms with Crippen LogP contribution in [0.25, 0.3) is 0 Å². The molecule has 16 heavy (non-hydrogen) atoms. The molecule has 1 N–H and O–H groups in total. The van der Waals surface area contributed by atoms with Crippen LogP contribution in [0.3, 0.4) is 0 Å². The van der Waals surface area contributed by atoms with Gasteiger partial charge in [0.15, 0.2) is 21.5 Å². The van der Waals surface area contributed by atoms with Gasteiger partial charge in [0.05, 0.1) is 11.5 Å². The van der Waals surface area contributed by atoms with E-state index < -0.39 is 15.7 Å². The van der Waals surface area contributed by atoms with Crippen LogP contribution in [0.1, 0.15) is 6.42 Å². The van der Waals surface area contributed by atoms with Crippen molar-refractivity contribution in [3.63, 3.8) is 0 Å². The van der Waals surface area contributed by atoms with Gasteiger partial charge < -0.3 is 5.32 Å². The number of pyridine rings is 1. The summed E-state index contributed by atoms with van der Waals surface area (Å²) >= 11 is 0. The molecule has 0 radical (unpaired) electrons. The van der Waals surface area contributed by atoms with Gasteiger partial charge >= 0.3 is 0 Å². The number of anilines is 1. The summed E-state index contributed by atoms with van der Waals surface area (Å²) in [5, 5.41) is 2.84. The van der Waals surface area contributed by atoms with Crippen LogP contribution in [0.4, 0.5) is 10.2 Å². The first-order valence-electron chi connectivity index (χ1n) is 5.12. The number of halogens is 1. The van der Waals surface area contributed by atoms with E-state index in [1.54, 1.807) is 0 Å². The number of rotatable bonds is 3. The average molecular weight is 244 g/mol. The van der Waals surface area contributed by atoms with Crippen LogP contribution >= 0.6 is 0 Å². The smallest absolute Gasteiger partial charge is 0.165 e. The van der Waals surface area contributed by atoms with Crippen molar-refractivity contribution in [2.24, 2.45) is 5.92 Å². The van der Waals surface area contributed by atoms with Crippen LogP contribution in [-0.4, -0.2) is 31.5 Å². The highest BCUT2D eigenvalue weighted by atomic mass is 32.2. The number of nitrogens with one attached hydrogen (secondary N) is 1. The summed E-state index contributed by atoms with van der Waals surface area (Å²) in [5.74, 6) is 0.264. The summed E-state index contributed by atoms with van der Waals surface area (Å²) < 4.78 is 35.6. The zero-order chi connectivity index (χ0) is 11.6. The Bertz CT molecular complexity index is 475. The largest absolute Gasteiger partial charge is 0.367 e. The first kappa shape index (κ1) is 11.3. The molecule has 4 nitrogen and oxygen atoms in total. The summed E-state index contributed by atoms with van der Waals surface area (Å²) in [5.41, 5.74) is 0. The highest BCUT2D eigenvalue weighted by Gasteiger charge is 2.27. The van der Waals surface area contributed by atoms with Crippen LogP contribution < -0.4 is 5.32 Å². The highest BCUT2D eigenvalue weighted by molar-refractivity contribution is 7.91. The fourth-order valence-corrected chi connectivity index (χ4v) is 3.65. The molecule has 1 saturated heterocycles. The number of nitrogens with zero attached hydrogens (tertiary/aromatic N) is 1. The zero-order valence-corrected chi connectivity index (χ0v) is 9.50. The molecule has 6 heteroatoms. The fourth-order valence-electron chi connectivity index (χ4n) is 1.79. The van der Waals surface area contributed by atoms with Crippen molar-refractivity contribution >= 4 is 15.7 Å². The van der Waals surface area contributed by atoms with Gasteiger partial charge in [0.25, 0.3) is 0 Å². The molecule has 0 spiro atoms. The van der Waals surface area contributed by atoms with Gasteiger partial charge in [-0.15, -0.1) is 0 Å². The normalized spacial score (nSPS) is 23.2. The van der Waals surface area contributed by atoms with Crippen molar-refractivity contribution in [1.29, 1.82) is 0 Å². The van der Waals surface area contributed by atoms with E-state index in [0.29, 0.717) is 13.0 Å². The molecule has 1 aliphatic rings. The van der Waals surface area contributed by atoms with Crippen molar-refractivity contribution in [3.8, 4) is 0 Å². The standard InChI is InChI=1S/C10H13FN2O2S/c11-9-2-1-4-12-10(9)13-6-8-3-5-16(14,15)7-8/h1-2,4,8H,3,5-7H2,(H,12,13). The topological polar surface area (TPSA) is 59.1 Å². The SMILES string of the molecule is O=S1(=O)CCC(CNc2ncccc2F)C1. The Morgan fingerprint density at radius 3 is 3.00 bits per heavy atom. The molecule has 0 bridgehead atoms. The quantitative estimate of drug-likeness (QED) is 0.864. The van der Waals surface area contributed by atoms with Crippen LogP contribution in [0.15, 0.2) is 18.3 Å². The van der Waals surface area contributed by atoms with E-state index in [9.17, 15) is 12.8 Å². The lowest BCUT2D eigenvalue weighted by Gasteiger charge is -2.10. The molecule has 0 saturated carbocycles. The lowest BCUT2D eigenvalue weighted by Crippen LogP contribution is -2.16. The third-order valence-corrected chi connectivity index (χ3v) is 4.48. The van der Waals surface area contributed by atoms with E-state index >= 15 is 0 Å². The fraction of sp³-hybridized carbons (Fsp3) is 0.500. The zero-order valence-electron chi connectivity index (χ0n) is 8.69. The lowest BCUT2D eigenvalue weighted by atomic mass is 10.1. The molecule has 0 amide bonds. The van der Waals surface area contributed by atoms with Gasteiger partial charge in [-0.05, 0) is 24.5 Å². The highest BCUT2D eigenvalue weighted by Crippen LogP contribution is 2.19. The minimum Gasteiger partial charge on any atom is -0.367 e. The van der Waals surface area contributed by atoms with Gasteiger partial charge in [-0.3, -0.25) is 0 Å². The Labute approximate surface area is 93.8 Å². The van der Waals surface area contributed by atoms with Gasteiger partial charge in [0.2, 0.25) is 0 Å². The molecule has 1 unspecified atom stereocenters. The molecule has 1 atom stereocenters. The van der Waals surface area contributed by atoms with E-state index in [2.05, 4.69) is 10.3 Å². The summed E-state index contributed by atoms with van der Waals surface area (Å²) in [6.45, 7) is 0.452. The Kier molecular flexibility index (Phi) is 3.09. The molecule has 88 valence electrons. The predicted octanol–water partition coefficient (Wildman–Crippen LogP) is 1.07. The van der Waals surface area contributed by atoms with Crippen molar-refractivity contribution < 1.29 is 12.8 Å². The van der Waals surface area contributed by atoms with E-state index in [4.69, 9.17) is 0 Å². The minimum absolute atomic E-state index is 0.0615.